The van der Waals surface area contributed by atoms with Crippen LogP contribution >= 0.6 is 11.8 Å². The second-order valence-electron chi connectivity index (χ2n) is 5.50. The zero-order chi connectivity index (χ0) is 14.5. The van der Waals surface area contributed by atoms with E-state index in [2.05, 4.69) is 24.9 Å². The maximum absolute atomic E-state index is 12.3. The minimum absolute atomic E-state index is 0.142. The van der Waals surface area contributed by atoms with Gasteiger partial charge in [-0.3, -0.25) is 4.79 Å². The molecular formula is C15H19N3OS. The Kier molecular flexibility index (Phi) is 5.02. The number of nitrogens with zero attached hydrogens (tertiary/aromatic N) is 3. The molecule has 1 aliphatic rings. The standard InChI is InChI=1S/C15H19N3OS/c1-11-6-12(2)9-18(8-11)14(19)10-20-15-13(7-16)4-3-5-17-15/h3-5,11-12H,6,8-10H2,1-2H3/t11-,12-/m0/s1. The van der Waals surface area contributed by atoms with Crippen molar-refractivity contribution in [3.05, 3.63) is 23.9 Å². The fraction of sp³-hybridized carbons (Fsp3) is 0.533. The smallest absolute Gasteiger partial charge is 0.233 e. The van der Waals surface area contributed by atoms with Crippen molar-refractivity contribution in [2.45, 2.75) is 25.3 Å². The van der Waals surface area contributed by atoms with Crippen LogP contribution in [-0.4, -0.2) is 34.6 Å². The first kappa shape index (κ1) is 14.9. The number of amides is 1. The lowest BCUT2D eigenvalue weighted by atomic mass is 9.92. The van der Waals surface area contributed by atoms with Gasteiger partial charge >= 0.3 is 0 Å². The molecule has 106 valence electrons. The van der Waals surface area contributed by atoms with Crippen LogP contribution in [0.1, 0.15) is 25.8 Å². The predicted molar refractivity (Wildman–Crippen MR) is 79.2 cm³/mol. The summed E-state index contributed by atoms with van der Waals surface area (Å²) < 4.78 is 0. The van der Waals surface area contributed by atoms with Gasteiger partial charge in [0.15, 0.2) is 0 Å². The quantitative estimate of drug-likeness (QED) is 0.802. The van der Waals surface area contributed by atoms with E-state index in [0.29, 0.717) is 28.2 Å². The van der Waals surface area contributed by atoms with Gasteiger partial charge in [-0.25, -0.2) is 4.98 Å². The first-order chi connectivity index (χ1) is 9.60. The Labute approximate surface area is 124 Å². The Morgan fingerprint density at radius 1 is 1.50 bits per heavy atom. The molecule has 1 aliphatic heterocycles. The average Bonchev–Trinajstić information content (AvgIpc) is 2.44. The molecular weight excluding hydrogens is 270 g/mol. The van der Waals surface area contributed by atoms with E-state index in [1.54, 1.807) is 18.3 Å². The SMILES string of the molecule is C[C@H]1C[C@H](C)CN(C(=O)CSc2ncccc2C#N)C1. The molecule has 1 saturated heterocycles. The van der Waals surface area contributed by atoms with Crippen LogP contribution < -0.4 is 0 Å². The summed E-state index contributed by atoms with van der Waals surface area (Å²) in [6.07, 6.45) is 2.84. The van der Waals surface area contributed by atoms with Gasteiger partial charge in [0, 0.05) is 19.3 Å². The molecule has 0 N–H and O–H groups in total. The topological polar surface area (TPSA) is 57.0 Å². The number of nitriles is 1. The number of carbonyl (C=O) groups is 1. The van der Waals surface area contributed by atoms with Gasteiger partial charge < -0.3 is 4.90 Å². The van der Waals surface area contributed by atoms with E-state index in [-0.39, 0.29) is 5.91 Å². The molecule has 1 amide bonds. The number of aromatic nitrogens is 1. The third kappa shape index (κ3) is 3.73. The molecule has 2 atom stereocenters. The van der Waals surface area contributed by atoms with Gasteiger partial charge in [-0.05, 0) is 30.4 Å². The van der Waals surface area contributed by atoms with Crippen molar-refractivity contribution in [3.63, 3.8) is 0 Å². The number of hydrogen-bond acceptors (Lipinski definition) is 4. The lowest BCUT2D eigenvalue weighted by Gasteiger charge is -2.35. The van der Waals surface area contributed by atoms with Crippen LogP contribution in [0, 0.1) is 23.2 Å². The Hall–Kier alpha value is -1.54. The van der Waals surface area contributed by atoms with E-state index < -0.39 is 0 Å². The molecule has 0 unspecified atom stereocenters. The molecule has 2 rings (SSSR count). The fourth-order valence-electron chi connectivity index (χ4n) is 2.68. The highest BCUT2D eigenvalue weighted by Crippen LogP contribution is 2.24. The largest absolute Gasteiger partial charge is 0.341 e. The molecule has 1 aromatic rings. The van der Waals surface area contributed by atoms with Crippen molar-refractivity contribution < 1.29 is 4.79 Å². The number of carbonyl (C=O) groups excluding carboxylic acids is 1. The number of thioether (sulfide) groups is 1. The van der Waals surface area contributed by atoms with Crippen LogP contribution in [0.3, 0.4) is 0 Å². The van der Waals surface area contributed by atoms with Crippen molar-refractivity contribution >= 4 is 17.7 Å². The zero-order valence-corrected chi connectivity index (χ0v) is 12.7. The van der Waals surface area contributed by atoms with E-state index in [9.17, 15) is 4.79 Å². The lowest BCUT2D eigenvalue weighted by Crippen LogP contribution is -2.43. The van der Waals surface area contributed by atoms with E-state index in [4.69, 9.17) is 5.26 Å². The highest BCUT2D eigenvalue weighted by molar-refractivity contribution is 7.99. The van der Waals surface area contributed by atoms with Crippen LogP contribution in [0.5, 0.6) is 0 Å². The van der Waals surface area contributed by atoms with Crippen LogP contribution in [0.2, 0.25) is 0 Å². The Balaban J connectivity index is 1.94. The van der Waals surface area contributed by atoms with E-state index >= 15 is 0 Å². The number of pyridine rings is 1. The molecule has 5 heteroatoms. The summed E-state index contributed by atoms with van der Waals surface area (Å²) in [4.78, 5) is 18.4. The van der Waals surface area contributed by atoms with Gasteiger partial charge in [-0.15, -0.1) is 0 Å². The molecule has 1 aromatic heterocycles. The summed E-state index contributed by atoms with van der Waals surface area (Å²) in [7, 11) is 0. The van der Waals surface area contributed by atoms with Crippen molar-refractivity contribution in [2.24, 2.45) is 11.8 Å². The highest BCUT2D eigenvalue weighted by Gasteiger charge is 2.25. The molecule has 0 radical (unpaired) electrons. The summed E-state index contributed by atoms with van der Waals surface area (Å²) in [6.45, 7) is 6.07. The summed E-state index contributed by atoms with van der Waals surface area (Å²) in [5.74, 6) is 1.63. The van der Waals surface area contributed by atoms with Crippen molar-refractivity contribution in [2.75, 3.05) is 18.8 Å². The Bertz CT molecular complexity index is 516. The highest BCUT2D eigenvalue weighted by atomic mass is 32.2. The predicted octanol–water partition coefficient (Wildman–Crippen LogP) is 2.55. The lowest BCUT2D eigenvalue weighted by molar-refractivity contribution is -0.130. The normalized spacial score (nSPS) is 22.4. The second-order valence-corrected chi connectivity index (χ2v) is 6.47. The van der Waals surface area contributed by atoms with Crippen molar-refractivity contribution in [1.29, 1.82) is 5.26 Å². The maximum atomic E-state index is 12.3. The van der Waals surface area contributed by atoms with Gasteiger partial charge in [-0.2, -0.15) is 5.26 Å². The van der Waals surface area contributed by atoms with Gasteiger partial charge in [0.1, 0.15) is 11.1 Å². The first-order valence-corrected chi connectivity index (χ1v) is 7.84. The molecule has 0 bridgehead atoms. The molecule has 20 heavy (non-hydrogen) atoms. The third-order valence-electron chi connectivity index (χ3n) is 3.45. The summed E-state index contributed by atoms with van der Waals surface area (Å²) in [5, 5.41) is 9.64. The number of hydrogen-bond donors (Lipinski definition) is 0. The van der Waals surface area contributed by atoms with E-state index in [1.165, 1.54) is 18.2 Å². The Morgan fingerprint density at radius 3 is 2.85 bits per heavy atom. The van der Waals surface area contributed by atoms with Gasteiger partial charge in [0.05, 0.1) is 11.3 Å². The minimum atomic E-state index is 0.142. The third-order valence-corrected chi connectivity index (χ3v) is 4.44. The van der Waals surface area contributed by atoms with Crippen LogP contribution in [-0.2, 0) is 4.79 Å². The van der Waals surface area contributed by atoms with E-state index in [1.807, 2.05) is 4.90 Å². The fourth-order valence-corrected chi connectivity index (χ4v) is 3.53. The molecule has 0 aromatic carbocycles. The molecule has 0 spiro atoms. The van der Waals surface area contributed by atoms with Gasteiger partial charge in [0.2, 0.25) is 5.91 Å². The molecule has 2 heterocycles. The number of likely N-dealkylation sites (tertiary alicyclic amines) is 1. The molecule has 1 fully saturated rings. The number of rotatable bonds is 3. The van der Waals surface area contributed by atoms with Gasteiger partial charge in [-0.1, -0.05) is 25.6 Å². The zero-order valence-electron chi connectivity index (χ0n) is 11.9. The first-order valence-electron chi connectivity index (χ1n) is 6.85. The molecule has 4 nitrogen and oxygen atoms in total. The molecule has 0 aliphatic carbocycles. The number of piperidine rings is 1. The van der Waals surface area contributed by atoms with Crippen molar-refractivity contribution in [3.8, 4) is 6.07 Å². The maximum Gasteiger partial charge on any atom is 0.233 e. The van der Waals surface area contributed by atoms with Crippen LogP contribution in [0.4, 0.5) is 0 Å². The summed E-state index contributed by atoms with van der Waals surface area (Å²) >= 11 is 1.35. The van der Waals surface area contributed by atoms with Crippen LogP contribution in [0.15, 0.2) is 23.4 Å². The van der Waals surface area contributed by atoms with E-state index in [0.717, 1.165) is 13.1 Å². The monoisotopic (exact) mass is 289 g/mol. The molecule has 0 saturated carbocycles. The van der Waals surface area contributed by atoms with Crippen molar-refractivity contribution in [1.82, 2.24) is 9.88 Å². The van der Waals surface area contributed by atoms with Crippen LogP contribution in [0.25, 0.3) is 0 Å². The minimum Gasteiger partial charge on any atom is -0.341 e. The average molecular weight is 289 g/mol. The summed E-state index contributed by atoms with van der Waals surface area (Å²) in [5.41, 5.74) is 0.533. The Morgan fingerprint density at radius 2 is 2.20 bits per heavy atom. The second kappa shape index (κ2) is 6.76. The van der Waals surface area contributed by atoms with Gasteiger partial charge in [0.25, 0.3) is 0 Å². The summed E-state index contributed by atoms with van der Waals surface area (Å²) in [6, 6.07) is 5.57.